The van der Waals surface area contributed by atoms with Crippen LogP contribution in [-0.2, 0) is 4.74 Å². The molecule has 0 saturated carbocycles. The molecule has 0 bridgehead atoms. The van der Waals surface area contributed by atoms with Crippen molar-refractivity contribution >= 4 is 21.6 Å². The summed E-state index contributed by atoms with van der Waals surface area (Å²) in [6, 6.07) is 3.77. The molecule has 3 nitrogen and oxygen atoms in total. The van der Waals surface area contributed by atoms with Crippen molar-refractivity contribution in [3.63, 3.8) is 0 Å². The van der Waals surface area contributed by atoms with Gasteiger partial charge in [-0.3, -0.25) is 0 Å². The Morgan fingerprint density at radius 3 is 2.71 bits per heavy atom. The van der Waals surface area contributed by atoms with Gasteiger partial charge in [0.2, 0.25) is 0 Å². The summed E-state index contributed by atoms with van der Waals surface area (Å²) in [5.74, 6) is 0.696. The highest BCUT2D eigenvalue weighted by Gasteiger charge is 2.05. The molecular formula is C10H14BrNO2. The molecule has 2 N–H and O–H groups in total. The van der Waals surface area contributed by atoms with E-state index in [9.17, 15) is 0 Å². The summed E-state index contributed by atoms with van der Waals surface area (Å²) in [5.41, 5.74) is 7.41. The normalized spacial score (nSPS) is 10.2. The van der Waals surface area contributed by atoms with Gasteiger partial charge in [-0.2, -0.15) is 0 Å². The van der Waals surface area contributed by atoms with Crippen LogP contribution in [-0.4, -0.2) is 13.4 Å². The van der Waals surface area contributed by atoms with E-state index in [0.717, 1.165) is 10.0 Å². The summed E-state index contributed by atoms with van der Waals surface area (Å²) in [4.78, 5) is 0. The van der Waals surface area contributed by atoms with Crippen molar-refractivity contribution in [1.29, 1.82) is 0 Å². The zero-order chi connectivity index (χ0) is 10.6. The number of aryl methyl sites for hydroxylation is 1. The molecular weight excluding hydrogens is 246 g/mol. The van der Waals surface area contributed by atoms with Gasteiger partial charge >= 0.3 is 0 Å². The molecule has 78 valence electrons. The van der Waals surface area contributed by atoms with Crippen LogP contribution in [0.4, 0.5) is 5.69 Å². The van der Waals surface area contributed by atoms with Crippen molar-refractivity contribution < 1.29 is 9.47 Å². The van der Waals surface area contributed by atoms with Gasteiger partial charge in [-0.1, -0.05) is 15.9 Å². The Morgan fingerprint density at radius 1 is 1.43 bits per heavy atom. The molecule has 0 amide bonds. The summed E-state index contributed by atoms with van der Waals surface area (Å²) in [6.45, 7) is 4.74. The van der Waals surface area contributed by atoms with Crippen molar-refractivity contribution in [1.82, 2.24) is 0 Å². The first-order valence-electron chi connectivity index (χ1n) is 4.41. The maximum atomic E-state index is 5.79. The number of rotatable bonds is 4. The summed E-state index contributed by atoms with van der Waals surface area (Å²) < 4.78 is 11.4. The van der Waals surface area contributed by atoms with Crippen LogP contribution in [0, 0.1) is 6.92 Å². The largest absolute Gasteiger partial charge is 0.465 e. The SMILES string of the molecule is CCOCOc1c(C)cc(Br)cc1N. The third-order valence-electron chi connectivity index (χ3n) is 1.76. The molecule has 0 atom stereocenters. The van der Waals surface area contributed by atoms with E-state index in [1.165, 1.54) is 0 Å². The molecule has 0 aliphatic heterocycles. The minimum absolute atomic E-state index is 0.239. The molecule has 0 heterocycles. The number of ether oxygens (including phenoxy) is 2. The highest BCUT2D eigenvalue weighted by molar-refractivity contribution is 9.10. The Labute approximate surface area is 92.3 Å². The van der Waals surface area contributed by atoms with Gasteiger partial charge in [-0.25, -0.2) is 0 Å². The molecule has 1 rings (SSSR count). The van der Waals surface area contributed by atoms with Gasteiger partial charge in [0.25, 0.3) is 0 Å². The van der Waals surface area contributed by atoms with E-state index in [1.807, 2.05) is 26.0 Å². The van der Waals surface area contributed by atoms with Gasteiger partial charge in [-0.05, 0) is 31.5 Å². The molecule has 0 unspecified atom stereocenters. The Kier molecular flexibility index (Phi) is 4.22. The van der Waals surface area contributed by atoms with Gasteiger partial charge < -0.3 is 15.2 Å². The number of anilines is 1. The van der Waals surface area contributed by atoms with E-state index in [2.05, 4.69) is 15.9 Å². The first-order chi connectivity index (χ1) is 6.65. The van der Waals surface area contributed by atoms with Crippen LogP contribution in [0.25, 0.3) is 0 Å². The highest BCUT2D eigenvalue weighted by atomic mass is 79.9. The summed E-state index contributed by atoms with van der Waals surface area (Å²) in [7, 11) is 0. The number of hydrogen-bond acceptors (Lipinski definition) is 3. The van der Waals surface area contributed by atoms with Crippen LogP contribution in [0.2, 0.25) is 0 Å². The molecule has 0 aliphatic carbocycles. The highest BCUT2D eigenvalue weighted by Crippen LogP contribution is 2.29. The summed E-state index contributed by atoms with van der Waals surface area (Å²) in [5, 5.41) is 0. The lowest BCUT2D eigenvalue weighted by molar-refractivity contribution is 0.0224. The van der Waals surface area contributed by atoms with Crippen molar-refractivity contribution in [3.05, 3.63) is 22.2 Å². The fourth-order valence-corrected chi connectivity index (χ4v) is 1.73. The number of hydrogen-bond donors (Lipinski definition) is 1. The molecule has 0 fully saturated rings. The minimum Gasteiger partial charge on any atom is -0.465 e. The lowest BCUT2D eigenvalue weighted by atomic mass is 10.2. The Bertz CT molecular complexity index is 292. The molecule has 1 aromatic carbocycles. The van der Waals surface area contributed by atoms with E-state index in [1.54, 1.807) is 0 Å². The maximum Gasteiger partial charge on any atom is 0.189 e. The molecule has 4 heteroatoms. The second-order valence-corrected chi connectivity index (χ2v) is 3.81. The molecule has 0 aromatic heterocycles. The van der Waals surface area contributed by atoms with Crippen LogP contribution in [0.5, 0.6) is 5.75 Å². The predicted molar refractivity (Wildman–Crippen MR) is 60.4 cm³/mol. The number of benzene rings is 1. The number of halogens is 1. The van der Waals surface area contributed by atoms with Gasteiger partial charge in [0.05, 0.1) is 5.69 Å². The van der Waals surface area contributed by atoms with Crippen molar-refractivity contribution in [3.8, 4) is 5.75 Å². The monoisotopic (exact) mass is 259 g/mol. The van der Waals surface area contributed by atoms with E-state index in [4.69, 9.17) is 15.2 Å². The zero-order valence-electron chi connectivity index (χ0n) is 8.34. The van der Waals surface area contributed by atoms with Crippen LogP contribution >= 0.6 is 15.9 Å². The molecule has 0 spiro atoms. The van der Waals surface area contributed by atoms with Crippen LogP contribution in [0.3, 0.4) is 0 Å². The summed E-state index contributed by atoms with van der Waals surface area (Å²) in [6.07, 6.45) is 0. The fourth-order valence-electron chi connectivity index (χ4n) is 1.14. The molecule has 0 radical (unpaired) electrons. The van der Waals surface area contributed by atoms with E-state index in [0.29, 0.717) is 18.0 Å². The predicted octanol–water partition coefficient (Wildman–Crippen LogP) is 2.71. The third-order valence-corrected chi connectivity index (χ3v) is 2.22. The first-order valence-corrected chi connectivity index (χ1v) is 5.20. The van der Waals surface area contributed by atoms with Gasteiger partial charge in [0, 0.05) is 11.1 Å². The van der Waals surface area contributed by atoms with E-state index < -0.39 is 0 Å². The quantitative estimate of drug-likeness (QED) is 0.514. The summed E-state index contributed by atoms with van der Waals surface area (Å²) >= 11 is 3.36. The Balaban J connectivity index is 2.75. The van der Waals surface area contributed by atoms with Crippen molar-refractivity contribution in [2.45, 2.75) is 13.8 Å². The lowest BCUT2D eigenvalue weighted by Gasteiger charge is -2.11. The van der Waals surface area contributed by atoms with Gasteiger partial charge in [0.1, 0.15) is 5.75 Å². The molecule has 14 heavy (non-hydrogen) atoms. The minimum atomic E-state index is 0.239. The van der Waals surface area contributed by atoms with Crippen molar-refractivity contribution in [2.75, 3.05) is 19.1 Å². The van der Waals surface area contributed by atoms with E-state index in [-0.39, 0.29) is 6.79 Å². The Hall–Kier alpha value is -0.740. The van der Waals surface area contributed by atoms with Gasteiger partial charge in [0.15, 0.2) is 6.79 Å². The average Bonchev–Trinajstić information content (AvgIpc) is 2.09. The first kappa shape index (κ1) is 11.3. The molecule has 0 saturated heterocycles. The zero-order valence-corrected chi connectivity index (χ0v) is 9.93. The topological polar surface area (TPSA) is 44.5 Å². The van der Waals surface area contributed by atoms with E-state index >= 15 is 0 Å². The number of nitrogen functional groups attached to an aromatic ring is 1. The van der Waals surface area contributed by atoms with Crippen LogP contribution in [0.15, 0.2) is 16.6 Å². The maximum absolute atomic E-state index is 5.79. The lowest BCUT2D eigenvalue weighted by Crippen LogP contribution is -2.05. The Morgan fingerprint density at radius 2 is 2.14 bits per heavy atom. The number of nitrogens with two attached hydrogens (primary N) is 1. The fraction of sp³-hybridized carbons (Fsp3) is 0.400. The molecule has 0 aliphatic rings. The second kappa shape index (κ2) is 5.22. The molecule has 1 aromatic rings. The van der Waals surface area contributed by atoms with Crippen LogP contribution < -0.4 is 10.5 Å². The van der Waals surface area contributed by atoms with Crippen LogP contribution in [0.1, 0.15) is 12.5 Å². The van der Waals surface area contributed by atoms with Crippen molar-refractivity contribution in [2.24, 2.45) is 0 Å². The smallest absolute Gasteiger partial charge is 0.189 e. The average molecular weight is 260 g/mol. The van der Waals surface area contributed by atoms with Gasteiger partial charge in [-0.15, -0.1) is 0 Å². The standard InChI is InChI=1S/C10H14BrNO2/c1-3-13-6-14-10-7(2)4-8(11)5-9(10)12/h4-5H,3,6,12H2,1-2H3. The second-order valence-electron chi connectivity index (χ2n) is 2.90. The third kappa shape index (κ3) is 2.89.